The Labute approximate surface area is 143 Å². The summed E-state index contributed by atoms with van der Waals surface area (Å²) >= 11 is 0. The van der Waals surface area contributed by atoms with E-state index in [0.29, 0.717) is 5.75 Å². The van der Waals surface area contributed by atoms with Crippen molar-refractivity contribution in [2.45, 2.75) is 26.6 Å². The number of carbonyl (C=O) groups excluding carboxylic acids is 1. The van der Waals surface area contributed by atoms with Crippen LogP contribution in [0, 0.1) is 13.8 Å². The van der Waals surface area contributed by atoms with Crippen LogP contribution in [-0.4, -0.2) is 12.5 Å². The predicted molar refractivity (Wildman–Crippen MR) is 89.4 cm³/mol. The van der Waals surface area contributed by atoms with E-state index in [0.717, 1.165) is 23.3 Å². The third kappa shape index (κ3) is 5.22. The highest BCUT2D eigenvalue weighted by molar-refractivity contribution is 5.92. The van der Waals surface area contributed by atoms with Crippen molar-refractivity contribution in [3.05, 3.63) is 58.7 Å². The molecule has 1 amide bonds. The summed E-state index contributed by atoms with van der Waals surface area (Å²) in [5, 5.41) is 2.41. The Morgan fingerprint density at radius 1 is 1.16 bits per heavy atom. The van der Waals surface area contributed by atoms with E-state index in [1.165, 1.54) is 6.07 Å². The van der Waals surface area contributed by atoms with Gasteiger partial charge >= 0.3 is 6.18 Å². The lowest BCUT2D eigenvalue weighted by atomic mass is 10.1. The van der Waals surface area contributed by atoms with E-state index in [2.05, 4.69) is 5.32 Å². The highest BCUT2D eigenvalue weighted by atomic mass is 19.4. The van der Waals surface area contributed by atoms with Gasteiger partial charge in [-0.05, 0) is 54.8 Å². The van der Waals surface area contributed by atoms with Crippen LogP contribution in [-0.2, 0) is 17.5 Å². The molecule has 25 heavy (non-hydrogen) atoms. The predicted octanol–water partition coefficient (Wildman–Crippen LogP) is 3.80. The normalized spacial score (nSPS) is 11.3. The topological polar surface area (TPSA) is 64.3 Å². The summed E-state index contributed by atoms with van der Waals surface area (Å²) in [5.41, 5.74) is 6.71. The number of rotatable bonds is 5. The number of benzene rings is 2. The lowest BCUT2D eigenvalue weighted by Gasteiger charge is -2.13. The molecule has 2 aromatic carbocycles. The molecule has 0 unspecified atom stereocenters. The molecule has 3 N–H and O–H groups in total. The summed E-state index contributed by atoms with van der Waals surface area (Å²) in [6, 6.07) is 8.81. The first-order valence-corrected chi connectivity index (χ1v) is 7.60. The van der Waals surface area contributed by atoms with Gasteiger partial charge in [0.2, 0.25) is 0 Å². The van der Waals surface area contributed by atoms with Crippen LogP contribution in [0.2, 0.25) is 0 Å². The van der Waals surface area contributed by atoms with Gasteiger partial charge in [0.05, 0.1) is 5.56 Å². The van der Waals surface area contributed by atoms with Crippen molar-refractivity contribution in [1.82, 2.24) is 0 Å². The molecule has 7 heteroatoms. The quantitative estimate of drug-likeness (QED) is 0.860. The van der Waals surface area contributed by atoms with Crippen molar-refractivity contribution >= 4 is 11.6 Å². The maximum atomic E-state index is 12.9. The van der Waals surface area contributed by atoms with Gasteiger partial charge in [-0.2, -0.15) is 13.2 Å². The van der Waals surface area contributed by atoms with Crippen molar-refractivity contribution in [1.29, 1.82) is 0 Å². The molecule has 0 aromatic heterocycles. The van der Waals surface area contributed by atoms with E-state index in [1.54, 1.807) is 6.07 Å². The average molecular weight is 352 g/mol. The second-order valence-electron chi connectivity index (χ2n) is 5.73. The van der Waals surface area contributed by atoms with Crippen LogP contribution in [0.25, 0.3) is 0 Å². The van der Waals surface area contributed by atoms with E-state index < -0.39 is 17.6 Å². The smallest absolute Gasteiger partial charge is 0.416 e. The Morgan fingerprint density at radius 3 is 2.52 bits per heavy atom. The number of hydrogen-bond acceptors (Lipinski definition) is 3. The molecule has 0 aliphatic heterocycles. The fourth-order valence-corrected chi connectivity index (χ4v) is 2.25. The van der Waals surface area contributed by atoms with Crippen LogP contribution in [0.4, 0.5) is 18.9 Å². The number of anilines is 1. The van der Waals surface area contributed by atoms with Gasteiger partial charge in [-0.1, -0.05) is 12.1 Å². The summed E-state index contributed by atoms with van der Waals surface area (Å²) in [4.78, 5) is 12.0. The molecule has 0 bridgehead atoms. The van der Waals surface area contributed by atoms with Crippen LogP contribution < -0.4 is 15.8 Å². The molecule has 2 aromatic rings. The molecular weight excluding hydrogens is 333 g/mol. The molecule has 0 atom stereocenters. The lowest BCUT2D eigenvalue weighted by Crippen LogP contribution is -2.21. The van der Waals surface area contributed by atoms with E-state index in [-0.39, 0.29) is 24.4 Å². The number of amides is 1. The average Bonchev–Trinajstić information content (AvgIpc) is 2.54. The number of hydrogen-bond donors (Lipinski definition) is 2. The van der Waals surface area contributed by atoms with Crippen LogP contribution in [0.3, 0.4) is 0 Å². The first-order valence-electron chi connectivity index (χ1n) is 7.60. The molecule has 134 valence electrons. The van der Waals surface area contributed by atoms with Crippen LogP contribution in [0.15, 0.2) is 36.4 Å². The molecule has 0 saturated carbocycles. The van der Waals surface area contributed by atoms with Gasteiger partial charge in [0, 0.05) is 12.2 Å². The van der Waals surface area contributed by atoms with Gasteiger partial charge in [-0.25, -0.2) is 0 Å². The molecule has 0 aliphatic rings. The van der Waals surface area contributed by atoms with Gasteiger partial charge in [0.25, 0.3) is 5.91 Å². The molecule has 0 radical (unpaired) electrons. The summed E-state index contributed by atoms with van der Waals surface area (Å²) in [7, 11) is 0. The van der Waals surface area contributed by atoms with Crippen LogP contribution >= 0.6 is 0 Å². The maximum absolute atomic E-state index is 12.9. The van der Waals surface area contributed by atoms with Gasteiger partial charge in [0.1, 0.15) is 5.75 Å². The minimum atomic E-state index is -4.51. The summed E-state index contributed by atoms with van der Waals surface area (Å²) in [5.74, 6) is 0.00467. The number of alkyl halides is 3. The second kappa shape index (κ2) is 7.57. The zero-order chi connectivity index (χ0) is 18.6. The van der Waals surface area contributed by atoms with Gasteiger partial charge in [0.15, 0.2) is 6.61 Å². The third-order valence-electron chi connectivity index (χ3n) is 3.54. The maximum Gasteiger partial charge on any atom is 0.416 e. The van der Waals surface area contributed by atoms with Crippen molar-refractivity contribution in [3.63, 3.8) is 0 Å². The number of nitrogens with one attached hydrogen (secondary N) is 1. The molecule has 0 spiro atoms. The highest BCUT2D eigenvalue weighted by Crippen LogP contribution is 2.32. The van der Waals surface area contributed by atoms with E-state index >= 15 is 0 Å². The van der Waals surface area contributed by atoms with Gasteiger partial charge in [-0.15, -0.1) is 0 Å². The first kappa shape index (κ1) is 18.8. The Balaban J connectivity index is 2.08. The minimum absolute atomic E-state index is 0.0323. The molecule has 0 aliphatic carbocycles. The van der Waals surface area contributed by atoms with Crippen molar-refractivity contribution in [2.75, 3.05) is 11.9 Å². The Bertz CT molecular complexity index is 773. The minimum Gasteiger partial charge on any atom is -0.483 e. The summed E-state index contributed by atoms with van der Waals surface area (Å²) in [6.45, 7) is 3.36. The van der Waals surface area contributed by atoms with Crippen molar-refractivity contribution in [3.8, 4) is 5.75 Å². The lowest BCUT2D eigenvalue weighted by molar-refractivity contribution is -0.137. The Hall–Kier alpha value is -2.54. The monoisotopic (exact) mass is 352 g/mol. The van der Waals surface area contributed by atoms with Gasteiger partial charge in [-0.3, -0.25) is 4.79 Å². The second-order valence-corrected chi connectivity index (χ2v) is 5.73. The largest absolute Gasteiger partial charge is 0.483 e. The summed E-state index contributed by atoms with van der Waals surface area (Å²) < 4.78 is 44.1. The zero-order valence-corrected chi connectivity index (χ0v) is 13.9. The number of ether oxygens (including phenoxy) is 1. The molecular formula is C18H19F3N2O2. The van der Waals surface area contributed by atoms with E-state index in [4.69, 9.17) is 10.5 Å². The molecule has 0 saturated heterocycles. The standard InChI is InChI=1S/C18H19F3N2O2/c1-11-3-4-12(2)16(5-11)25-10-17(24)23-15-7-13(9-22)6-14(8-15)18(19,20)21/h3-8H,9-10,22H2,1-2H3,(H,23,24). The summed E-state index contributed by atoms with van der Waals surface area (Å²) in [6.07, 6.45) is -4.51. The van der Waals surface area contributed by atoms with Gasteiger partial charge < -0.3 is 15.8 Å². The number of aryl methyl sites for hydroxylation is 2. The first-order chi connectivity index (χ1) is 11.7. The van der Waals surface area contributed by atoms with Crippen LogP contribution in [0.5, 0.6) is 5.75 Å². The molecule has 2 rings (SSSR count). The zero-order valence-electron chi connectivity index (χ0n) is 13.9. The SMILES string of the molecule is Cc1ccc(C)c(OCC(=O)Nc2cc(CN)cc(C(F)(F)F)c2)c1. The van der Waals surface area contributed by atoms with E-state index in [1.807, 2.05) is 26.0 Å². The number of nitrogens with two attached hydrogens (primary N) is 1. The Morgan fingerprint density at radius 2 is 1.88 bits per heavy atom. The van der Waals surface area contributed by atoms with E-state index in [9.17, 15) is 18.0 Å². The molecule has 0 heterocycles. The van der Waals surface area contributed by atoms with Crippen LogP contribution in [0.1, 0.15) is 22.3 Å². The fraction of sp³-hybridized carbons (Fsp3) is 0.278. The number of carbonyl (C=O) groups is 1. The van der Waals surface area contributed by atoms with Crippen molar-refractivity contribution in [2.24, 2.45) is 5.73 Å². The Kier molecular flexibility index (Phi) is 5.69. The third-order valence-corrected chi connectivity index (χ3v) is 3.54. The molecule has 0 fully saturated rings. The number of halogens is 3. The fourth-order valence-electron chi connectivity index (χ4n) is 2.25. The van der Waals surface area contributed by atoms with Crippen molar-refractivity contribution < 1.29 is 22.7 Å². The molecule has 4 nitrogen and oxygen atoms in total. The highest BCUT2D eigenvalue weighted by Gasteiger charge is 2.31.